The van der Waals surface area contributed by atoms with Gasteiger partial charge in [0.05, 0.1) is 31.5 Å². The fraction of sp³-hybridized carbons (Fsp3) is 0.773. The third kappa shape index (κ3) is 4.67. The van der Waals surface area contributed by atoms with E-state index in [-0.39, 0.29) is 35.9 Å². The number of methoxy groups -OCH3 is 1. The first-order chi connectivity index (χ1) is 13.2. The second-order valence-corrected chi connectivity index (χ2v) is 8.33. The monoisotopic (exact) mass is 396 g/mol. The molecule has 0 radical (unpaired) electrons. The molecule has 9 atom stereocenters. The van der Waals surface area contributed by atoms with Gasteiger partial charge >= 0.3 is 5.97 Å². The zero-order chi connectivity index (χ0) is 21.1. The summed E-state index contributed by atoms with van der Waals surface area (Å²) in [7, 11) is 1.33. The molecule has 0 bridgehead atoms. The molecule has 0 aromatic heterocycles. The van der Waals surface area contributed by atoms with Gasteiger partial charge in [-0.15, -0.1) is 0 Å². The van der Waals surface area contributed by atoms with Crippen LogP contribution < -0.4 is 0 Å². The highest BCUT2D eigenvalue weighted by Gasteiger charge is 2.57. The first-order valence-electron chi connectivity index (χ1n) is 10.3. The molecule has 2 N–H and O–H groups in total. The lowest BCUT2D eigenvalue weighted by Gasteiger charge is -2.56. The van der Waals surface area contributed by atoms with Gasteiger partial charge in [-0.05, 0) is 13.3 Å². The first kappa shape index (κ1) is 23.1. The van der Waals surface area contributed by atoms with Gasteiger partial charge in [0.25, 0.3) is 0 Å². The van der Waals surface area contributed by atoms with Crippen LogP contribution in [0, 0.1) is 23.7 Å². The van der Waals surface area contributed by atoms with Gasteiger partial charge in [0, 0.05) is 36.2 Å². The highest BCUT2D eigenvalue weighted by Crippen LogP contribution is 2.48. The van der Waals surface area contributed by atoms with Crippen LogP contribution in [0.15, 0.2) is 24.3 Å². The average molecular weight is 397 g/mol. The molecule has 6 heteroatoms. The van der Waals surface area contributed by atoms with E-state index in [1.54, 1.807) is 12.2 Å². The molecule has 6 nitrogen and oxygen atoms in total. The third-order valence-electron chi connectivity index (χ3n) is 6.52. The molecule has 2 fully saturated rings. The van der Waals surface area contributed by atoms with E-state index in [2.05, 4.69) is 4.74 Å². The summed E-state index contributed by atoms with van der Waals surface area (Å²) >= 11 is 0. The van der Waals surface area contributed by atoms with Crippen molar-refractivity contribution in [2.75, 3.05) is 7.11 Å². The Balaban J connectivity index is 2.19. The minimum absolute atomic E-state index is 0.0173. The Bertz CT molecular complexity index is 574. The van der Waals surface area contributed by atoms with Crippen LogP contribution in [0.5, 0.6) is 0 Å². The maximum atomic E-state index is 11.2. The van der Waals surface area contributed by atoms with E-state index in [0.717, 1.165) is 6.42 Å². The Kier molecular flexibility index (Phi) is 7.85. The maximum absolute atomic E-state index is 11.2. The smallest absolute Gasteiger partial charge is 0.330 e. The van der Waals surface area contributed by atoms with Crippen molar-refractivity contribution in [1.82, 2.24) is 0 Å². The summed E-state index contributed by atoms with van der Waals surface area (Å²) in [6.45, 7) is 9.94. The number of hydrogen-bond acceptors (Lipinski definition) is 6. The lowest BCUT2D eigenvalue weighted by Crippen LogP contribution is -2.64. The summed E-state index contributed by atoms with van der Waals surface area (Å²) in [6, 6.07) is 0. The van der Waals surface area contributed by atoms with E-state index < -0.39 is 24.0 Å². The van der Waals surface area contributed by atoms with Crippen molar-refractivity contribution in [3.8, 4) is 0 Å². The zero-order valence-electron chi connectivity index (χ0n) is 17.9. The van der Waals surface area contributed by atoms with E-state index >= 15 is 0 Å². The Hall–Kier alpha value is -1.21. The molecule has 28 heavy (non-hydrogen) atoms. The van der Waals surface area contributed by atoms with E-state index in [0.29, 0.717) is 6.42 Å². The molecule has 0 amide bonds. The molecule has 2 rings (SSSR count). The molecule has 2 saturated heterocycles. The van der Waals surface area contributed by atoms with E-state index in [4.69, 9.17) is 9.47 Å². The van der Waals surface area contributed by atoms with Crippen molar-refractivity contribution in [2.45, 2.75) is 77.7 Å². The van der Waals surface area contributed by atoms with Crippen LogP contribution in [0.4, 0.5) is 0 Å². The molecule has 2 aliphatic rings. The topological polar surface area (TPSA) is 85.2 Å². The number of carbonyl (C=O) groups is 1. The van der Waals surface area contributed by atoms with Gasteiger partial charge in [-0.3, -0.25) is 0 Å². The number of esters is 1. The number of allylic oxidation sites excluding steroid dienone is 2. The number of rotatable bonds is 5. The van der Waals surface area contributed by atoms with Gasteiger partial charge in [0.1, 0.15) is 0 Å². The molecule has 1 spiro atoms. The molecule has 0 unspecified atom stereocenters. The largest absolute Gasteiger partial charge is 0.466 e. The quantitative estimate of drug-likeness (QED) is 0.422. The zero-order valence-corrected chi connectivity index (χ0v) is 17.9. The highest BCUT2D eigenvalue weighted by atomic mass is 16.7. The van der Waals surface area contributed by atoms with Gasteiger partial charge in [-0.2, -0.15) is 0 Å². The summed E-state index contributed by atoms with van der Waals surface area (Å²) in [5.74, 6) is -1.69. The fourth-order valence-corrected chi connectivity index (χ4v) is 4.67. The van der Waals surface area contributed by atoms with Crippen LogP contribution in [0.25, 0.3) is 0 Å². The molecular weight excluding hydrogens is 360 g/mol. The predicted octanol–water partition coefficient (Wildman–Crippen LogP) is 2.83. The normalized spacial score (nSPS) is 42.9. The first-order valence-corrected chi connectivity index (χ1v) is 10.3. The average Bonchev–Trinajstić information content (AvgIpc) is 2.66. The van der Waals surface area contributed by atoms with Crippen molar-refractivity contribution in [1.29, 1.82) is 0 Å². The minimum atomic E-state index is -0.995. The number of aliphatic hydroxyl groups is 2. The molecule has 2 heterocycles. The Labute approximate surface area is 168 Å². The Morgan fingerprint density at radius 2 is 1.93 bits per heavy atom. The van der Waals surface area contributed by atoms with Gasteiger partial charge in [-0.1, -0.05) is 45.9 Å². The second kappa shape index (κ2) is 9.53. The van der Waals surface area contributed by atoms with Crippen LogP contribution >= 0.6 is 0 Å². The SMILES string of the molecule is CC[C@H]1[C@H](O)C[C@@]2(O[C@@H]([C@@H](C)/C=C/C=C/C(=O)OC)[C@@H](C)[C@@H](O)[C@@H]2C)O[C@@H]1C. The van der Waals surface area contributed by atoms with Gasteiger partial charge in [-0.25, -0.2) is 4.79 Å². The summed E-state index contributed by atoms with van der Waals surface area (Å²) in [6.07, 6.45) is 6.34. The molecule has 0 aromatic rings. The Morgan fingerprint density at radius 1 is 1.25 bits per heavy atom. The molecular formula is C22H36O6. The van der Waals surface area contributed by atoms with Crippen molar-refractivity contribution in [3.05, 3.63) is 24.3 Å². The summed E-state index contributed by atoms with van der Waals surface area (Å²) in [4.78, 5) is 11.2. The van der Waals surface area contributed by atoms with E-state index in [1.165, 1.54) is 13.2 Å². The van der Waals surface area contributed by atoms with Gasteiger partial charge in [0.15, 0.2) is 5.79 Å². The summed E-state index contributed by atoms with van der Waals surface area (Å²) in [5, 5.41) is 21.6. The van der Waals surface area contributed by atoms with Crippen LogP contribution in [0.3, 0.4) is 0 Å². The number of aliphatic hydroxyl groups excluding tert-OH is 2. The molecule has 2 aliphatic heterocycles. The molecule has 0 saturated carbocycles. The van der Waals surface area contributed by atoms with Crippen LogP contribution in [0.1, 0.15) is 47.5 Å². The minimum Gasteiger partial charge on any atom is -0.466 e. The van der Waals surface area contributed by atoms with Crippen molar-refractivity contribution in [2.24, 2.45) is 23.7 Å². The molecule has 0 aliphatic carbocycles. The van der Waals surface area contributed by atoms with E-state index in [1.807, 2.05) is 40.7 Å². The van der Waals surface area contributed by atoms with Gasteiger partial charge < -0.3 is 24.4 Å². The molecule has 160 valence electrons. The van der Waals surface area contributed by atoms with E-state index in [9.17, 15) is 15.0 Å². The van der Waals surface area contributed by atoms with Crippen molar-refractivity contribution in [3.63, 3.8) is 0 Å². The summed E-state index contributed by atoms with van der Waals surface area (Å²) < 4.78 is 17.4. The number of ether oxygens (including phenoxy) is 3. The lowest BCUT2D eigenvalue weighted by molar-refractivity contribution is -0.382. The molecule has 0 aromatic carbocycles. The second-order valence-electron chi connectivity index (χ2n) is 8.33. The van der Waals surface area contributed by atoms with Crippen molar-refractivity contribution < 1.29 is 29.2 Å². The third-order valence-corrected chi connectivity index (χ3v) is 6.52. The van der Waals surface area contributed by atoms with Crippen LogP contribution in [0.2, 0.25) is 0 Å². The van der Waals surface area contributed by atoms with Crippen LogP contribution in [-0.2, 0) is 19.0 Å². The lowest BCUT2D eigenvalue weighted by atomic mass is 9.73. The van der Waals surface area contributed by atoms with Gasteiger partial charge in [0.2, 0.25) is 0 Å². The fourth-order valence-electron chi connectivity index (χ4n) is 4.67. The number of carbonyl (C=O) groups excluding carboxylic acids is 1. The maximum Gasteiger partial charge on any atom is 0.330 e. The highest BCUT2D eigenvalue weighted by molar-refractivity contribution is 5.82. The van der Waals surface area contributed by atoms with Crippen molar-refractivity contribution >= 4 is 5.97 Å². The standard InChI is InChI=1S/C22H36O6/c1-7-17-16(5)27-22(12-18(17)23)15(4)20(25)14(3)21(28-22)13(2)10-8-9-11-19(24)26-6/h8-11,13-18,20-21,23,25H,7,12H2,1-6H3/b10-8+,11-9+/t13-,14-,15-,16+,17+,18+,20+,21-,22-/m0/s1. The Morgan fingerprint density at radius 3 is 2.50 bits per heavy atom. The summed E-state index contributed by atoms with van der Waals surface area (Å²) in [5.41, 5.74) is 0. The number of hydrogen-bond donors (Lipinski definition) is 2. The van der Waals surface area contributed by atoms with Crippen LogP contribution in [-0.4, -0.2) is 53.5 Å². The predicted molar refractivity (Wildman–Crippen MR) is 106 cm³/mol.